The molecule has 1 aliphatic rings. The Kier molecular flexibility index (Phi) is 4.49. The van der Waals surface area contributed by atoms with Crippen LogP contribution in [0.15, 0.2) is 18.2 Å². The molecule has 5 nitrogen and oxygen atoms in total. The van der Waals surface area contributed by atoms with Crippen molar-refractivity contribution in [2.45, 2.75) is 25.4 Å². The minimum absolute atomic E-state index is 0.0950. The third kappa shape index (κ3) is 2.72. The average molecular weight is 277 g/mol. The molecule has 20 heavy (non-hydrogen) atoms. The summed E-state index contributed by atoms with van der Waals surface area (Å²) in [5.41, 5.74) is 7.89. The van der Waals surface area contributed by atoms with Gasteiger partial charge in [-0.2, -0.15) is 0 Å². The second-order valence-corrected chi connectivity index (χ2v) is 5.28. The second kappa shape index (κ2) is 6.13. The molecular weight excluding hydrogens is 254 g/mol. The first-order chi connectivity index (χ1) is 9.58. The summed E-state index contributed by atoms with van der Waals surface area (Å²) in [5, 5.41) is 0. The van der Waals surface area contributed by atoms with Crippen molar-refractivity contribution in [2.75, 3.05) is 32.6 Å². The molecule has 1 aromatic carbocycles. The van der Waals surface area contributed by atoms with Crippen molar-refractivity contribution >= 4 is 11.6 Å². The number of carbonyl (C=O) groups is 1. The fourth-order valence-corrected chi connectivity index (χ4v) is 2.72. The molecule has 1 amide bonds. The van der Waals surface area contributed by atoms with E-state index in [0.717, 1.165) is 36.4 Å². The average Bonchev–Trinajstić information content (AvgIpc) is 2.94. The van der Waals surface area contributed by atoms with Crippen LogP contribution in [0.5, 0.6) is 5.75 Å². The molecule has 1 fully saturated rings. The van der Waals surface area contributed by atoms with Crippen molar-refractivity contribution < 1.29 is 9.53 Å². The van der Waals surface area contributed by atoms with Gasteiger partial charge >= 0.3 is 0 Å². The Hall–Kier alpha value is -1.75. The van der Waals surface area contributed by atoms with Crippen LogP contribution in [0.4, 0.5) is 5.69 Å². The lowest BCUT2D eigenvalue weighted by Crippen LogP contribution is -2.43. The highest BCUT2D eigenvalue weighted by Crippen LogP contribution is 2.32. The number of rotatable bonds is 4. The molecule has 1 saturated heterocycles. The van der Waals surface area contributed by atoms with Gasteiger partial charge in [0, 0.05) is 38.9 Å². The highest BCUT2D eigenvalue weighted by Gasteiger charge is 2.32. The summed E-state index contributed by atoms with van der Waals surface area (Å²) < 4.78 is 5.29. The third-order valence-corrected chi connectivity index (χ3v) is 3.80. The fourth-order valence-electron chi connectivity index (χ4n) is 2.72. The zero-order valence-corrected chi connectivity index (χ0v) is 12.4. The quantitative estimate of drug-likeness (QED) is 0.899. The molecule has 0 saturated carbocycles. The van der Waals surface area contributed by atoms with Crippen LogP contribution in [0.2, 0.25) is 0 Å². The molecule has 1 atom stereocenters. The predicted octanol–water partition coefficient (Wildman–Crippen LogP) is 1.21. The molecule has 5 heteroatoms. The number of nitrogens with two attached hydrogens (primary N) is 1. The van der Waals surface area contributed by atoms with E-state index in [1.165, 1.54) is 0 Å². The summed E-state index contributed by atoms with van der Waals surface area (Å²) in [6, 6.07) is 5.76. The van der Waals surface area contributed by atoms with Crippen molar-refractivity contribution in [3.8, 4) is 5.75 Å². The highest BCUT2D eigenvalue weighted by molar-refractivity contribution is 5.86. The van der Waals surface area contributed by atoms with Gasteiger partial charge in [0.05, 0.1) is 7.11 Å². The number of nitrogens with zero attached hydrogens (tertiary/aromatic N) is 2. The SMILES string of the molecule is COc1ccc(CN)c(N2CCCC2C(=O)N(C)C)c1. The number of benzene rings is 1. The first-order valence-electron chi connectivity index (χ1n) is 6.93. The van der Waals surface area contributed by atoms with Crippen LogP contribution in [-0.4, -0.2) is 44.6 Å². The number of hydrogen-bond acceptors (Lipinski definition) is 4. The molecule has 0 aliphatic carbocycles. The molecule has 1 unspecified atom stereocenters. The first-order valence-corrected chi connectivity index (χ1v) is 6.93. The summed E-state index contributed by atoms with van der Waals surface area (Å²) in [7, 11) is 5.25. The third-order valence-electron chi connectivity index (χ3n) is 3.80. The van der Waals surface area contributed by atoms with Crippen molar-refractivity contribution in [1.29, 1.82) is 0 Å². The summed E-state index contributed by atoms with van der Waals surface area (Å²) in [4.78, 5) is 16.1. The van der Waals surface area contributed by atoms with Crippen LogP contribution in [0.3, 0.4) is 0 Å². The van der Waals surface area contributed by atoms with Gasteiger partial charge in [-0.25, -0.2) is 0 Å². The number of amides is 1. The Balaban J connectivity index is 2.36. The topological polar surface area (TPSA) is 58.8 Å². The largest absolute Gasteiger partial charge is 0.497 e. The maximum absolute atomic E-state index is 12.3. The normalized spacial score (nSPS) is 18.2. The lowest BCUT2D eigenvalue weighted by molar-refractivity contribution is -0.129. The smallest absolute Gasteiger partial charge is 0.244 e. The van der Waals surface area contributed by atoms with Gasteiger partial charge in [-0.1, -0.05) is 6.07 Å². The van der Waals surface area contributed by atoms with E-state index >= 15 is 0 Å². The van der Waals surface area contributed by atoms with Gasteiger partial charge in [0.2, 0.25) is 5.91 Å². The fraction of sp³-hybridized carbons (Fsp3) is 0.533. The number of likely N-dealkylation sites (N-methyl/N-ethyl adjacent to an activating group) is 1. The van der Waals surface area contributed by atoms with E-state index in [2.05, 4.69) is 4.90 Å². The van der Waals surface area contributed by atoms with Crippen molar-refractivity contribution in [3.05, 3.63) is 23.8 Å². The standard InChI is InChI=1S/C15H23N3O2/c1-17(2)15(19)13-5-4-8-18(13)14-9-12(20-3)7-6-11(14)10-16/h6-7,9,13H,4-5,8,10,16H2,1-3H3. The van der Waals surface area contributed by atoms with Crippen LogP contribution in [0, 0.1) is 0 Å². The molecule has 0 bridgehead atoms. The van der Waals surface area contributed by atoms with Crippen LogP contribution in [-0.2, 0) is 11.3 Å². The lowest BCUT2D eigenvalue weighted by Gasteiger charge is -2.29. The second-order valence-electron chi connectivity index (χ2n) is 5.28. The van der Waals surface area contributed by atoms with Gasteiger partial charge in [-0.05, 0) is 24.5 Å². The maximum atomic E-state index is 12.3. The molecule has 1 aromatic rings. The number of carbonyl (C=O) groups excluding carboxylic acids is 1. The number of methoxy groups -OCH3 is 1. The maximum Gasteiger partial charge on any atom is 0.244 e. The van der Waals surface area contributed by atoms with E-state index < -0.39 is 0 Å². The van der Waals surface area contributed by atoms with E-state index in [0.29, 0.717) is 6.54 Å². The van der Waals surface area contributed by atoms with Gasteiger partial charge in [-0.15, -0.1) is 0 Å². The summed E-state index contributed by atoms with van der Waals surface area (Å²) in [6.07, 6.45) is 1.91. The molecule has 0 radical (unpaired) electrons. The monoisotopic (exact) mass is 277 g/mol. The van der Waals surface area contributed by atoms with Gasteiger partial charge in [-0.3, -0.25) is 4.79 Å². The minimum atomic E-state index is -0.0950. The molecule has 1 aliphatic heterocycles. The van der Waals surface area contributed by atoms with Gasteiger partial charge in [0.1, 0.15) is 11.8 Å². The molecule has 2 N–H and O–H groups in total. The van der Waals surface area contributed by atoms with E-state index in [4.69, 9.17) is 10.5 Å². The molecule has 0 spiro atoms. The number of ether oxygens (including phenoxy) is 1. The molecule has 1 heterocycles. The number of anilines is 1. The first kappa shape index (κ1) is 14.7. The Bertz CT molecular complexity index is 488. The van der Waals surface area contributed by atoms with Gasteiger partial charge in [0.15, 0.2) is 0 Å². The Morgan fingerprint density at radius 2 is 2.25 bits per heavy atom. The van der Waals surface area contributed by atoms with Crippen LogP contribution in [0.25, 0.3) is 0 Å². The molecule has 2 rings (SSSR count). The van der Waals surface area contributed by atoms with Gasteiger partial charge in [0.25, 0.3) is 0 Å². The Morgan fingerprint density at radius 3 is 2.85 bits per heavy atom. The van der Waals surface area contributed by atoms with Crippen molar-refractivity contribution in [3.63, 3.8) is 0 Å². The zero-order chi connectivity index (χ0) is 14.7. The van der Waals surface area contributed by atoms with Crippen molar-refractivity contribution in [2.24, 2.45) is 5.73 Å². The highest BCUT2D eigenvalue weighted by atomic mass is 16.5. The van der Waals surface area contributed by atoms with E-state index in [9.17, 15) is 4.79 Å². The van der Waals surface area contributed by atoms with Crippen LogP contribution < -0.4 is 15.4 Å². The molecule has 110 valence electrons. The minimum Gasteiger partial charge on any atom is -0.497 e. The van der Waals surface area contributed by atoms with Crippen molar-refractivity contribution in [1.82, 2.24) is 4.90 Å². The summed E-state index contributed by atoms with van der Waals surface area (Å²) >= 11 is 0. The van der Waals surface area contributed by atoms with E-state index in [1.807, 2.05) is 18.2 Å². The Labute approximate surface area is 120 Å². The lowest BCUT2D eigenvalue weighted by atomic mass is 10.1. The number of hydrogen-bond donors (Lipinski definition) is 1. The van der Waals surface area contributed by atoms with E-state index in [-0.39, 0.29) is 11.9 Å². The van der Waals surface area contributed by atoms with Gasteiger partial charge < -0.3 is 20.3 Å². The summed E-state index contributed by atoms with van der Waals surface area (Å²) in [5.74, 6) is 0.938. The van der Waals surface area contributed by atoms with E-state index in [1.54, 1.807) is 26.1 Å². The zero-order valence-electron chi connectivity index (χ0n) is 12.4. The molecule has 0 aromatic heterocycles. The predicted molar refractivity (Wildman–Crippen MR) is 79.9 cm³/mol. The summed E-state index contributed by atoms with van der Waals surface area (Å²) in [6.45, 7) is 1.34. The molecular formula is C15H23N3O2. The van der Waals surface area contributed by atoms with Crippen LogP contribution >= 0.6 is 0 Å². The Morgan fingerprint density at radius 1 is 1.50 bits per heavy atom. The van der Waals surface area contributed by atoms with Crippen LogP contribution in [0.1, 0.15) is 18.4 Å².